The Labute approximate surface area is 214 Å². The normalized spacial score (nSPS) is 16.8. The summed E-state index contributed by atoms with van der Waals surface area (Å²) >= 11 is 0. The van der Waals surface area contributed by atoms with Gasteiger partial charge in [-0.2, -0.15) is 4.57 Å². The van der Waals surface area contributed by atoms with Crippen LogP contribution in [-0.4, -0.2) is 52.6 Å². The molecule has 186 valence electrons. The maximum atomic E-state index is 5.47. The highest BCUT2D eigenvalue weighted by atomic mass is 16.5. The molecule has 0 unspecified atom stereocenters. The van der Waals surface area contributed by atoms with E-state index in [9.17, 15) is 0 Å². The number of ether oxygens (including phenoxy) is 2. The van der Waals surface area contributed by atoms with E-state index in [1.54, 1.807) is 0 Å². The Hall–Kier alpha value is -3.41. The summed E-state index contributed by atoms with van der Waals surface area (Å²) in [5, 5.41) is 0. The fourth-order valence-electron chi connectivity index (χ4n) is 4.83. The minimum atomic E-state index is 0.809. The molecule has 3 heterocycles. The summed E-state index contributed by atoms with van der Waals surface area (Å²) in [6, 6.07) is 24.1. The Morgan fingerprint density at radius 1 is 0.611 bits per heavy atom. The molecule has 3 aromatic rings. The van der Waals surface area contributed by atoms with Crippen molar-refractivity contribution in [1.29, 1.82) is 0 Å². The fraction of sp³-hybridized carbons (Fsp3) is 0.323. The lowest BCUT2D eigenvalue weighted by Crippen LogP contribution is -2.38. The summed E-state index contributed by atoms with van der Waals surface area (Å²) in [4.78, 5) is 4.77. The molecule has 2 fully saturated rings. The van der Waals surface area contributed by atoms with Crippen molar-refractivity contribution in [1.82, 2.24) is 0 Å². The standard InChI is InChI=1S/C31H36N3O2/c1-2-34-30(16-10-26-6-12-28(13-7-26)32-18-22-35-23-19-32)4-3-5-31(34)17-11-27-8-14-29(15-9-27)33-20-24-36-25-21-33/h3-17H,2,18-25H2,1H3/q+1. The molecule has 2 aliphatic rings. The molecular weight excluding hydrogens is 446 g/mol. The van der Waals surface area contributed by atoms with E-state index in [-0.39, 0.29) is 0 Å². The van der Waals surface area contributed by atoms with Crippen LogP contribution >= 0.6 is 0 Å². The summed E-state index contributed by atoms with van der Waals surface area (Å²) in [6.07, 6.45) is 8.81. The number of pyridine rings is 1. The number of anilines is 2. The molecule has 0 amide bonds. The Morgan fingerprint density at radius 3 is 1.42 bits per heavy atom. The SMILES string of the molecule is CC[n+]1c(/C=C/c2ccc(N3CCOCC3)cc2)cccc1/C=C/c1ccc(N2CCOCC2)cc1. The summed E-state index contributed by atoms with van der Waals surface area (Å²) in [5.74, 6) is 0. The van der Waals surface area contributed by atoms with Gasteiger partial charge in [0, 0.05) is 61.8 Å². The van der Waals surface area contributed by atoms with Crippen LogP contribution in [0.5, 0.6) is 0 Å². The zero-order valence-corrected chi connectivity index (χ0v) is 21.2. The van der Waals surface area contributed by atoms with E-state index in [4.69, 9.17) is 9.47 Å². The zero-order valence-electron chi connectivity index (χ0n) is 21.2. The summed E-state index contributed by atoms with van der Waals surface area (Å²) < 4.78 is 13.3. The van der Waals surface area contributed by atoms with E-state index in [1.807, 2.05) is 0 Å². The van der Waals surface area contributed by atoms with Crippen LogP contribution in [0.15, 0.2) is 66.7 Å². The van der Waals surface area contributed by atoms with E-state index < -0.39 is 0 Å². The van der Waals surface area contributed by atoms with E-state index >= 15 is 0 Å². The number of nitrogens with zero attached hydrogens (tertiary/aromatic N) is 3. The number of hydrogen-bond acceptors (Lipinski definition) is 4. The van der Waals surface area contributed by atoms with Gasteiger partial charge >= 0.3 is 0 Å². The third-order valence-corrected chi connectivity index (χ3v) is 6.91. The zero-order chi connectivity index (χ0) is 24.6. The van der Waals surface area contributed by atoms with Gasteiger partial charge in [-0.1, -0.05) is 24.3 Å². The highest BCUT2D eigenvalue weighted by Crippen LogP contribution is 2.19. The van der Waals surface area contributed by atoms with Crippen LogP contribution in [0.4, 0.5) is 11.4 Å². The van der Waals surface area contributed by atoms with Crippen molar-refractivity contribution in [2.45, 2.75) is 13.5 Å². The lowest BCUT2D eigenvalue weighted by atomic mass is 10.1. The molecule has 2 saturated heterocycles. The van der Waals surface area contributed by atoms with Crippen molar-refractivity contribution in [3.05, 3.63) is 89.2 Å². The number of benzene rings is 2. The van der Waals surface area contributed by atoms with Crippen molar-refractivity contribution in [3.63, 3.8) is 0 Å². The van der Waals surface area contributed by atoms with Crippen molar-refractivity contribution < 1.29 is 14.0 Å². The van der Waals surface area contributed by atoms with Crippen LogP contribution in [-0.2, 0) is 16.0 Å². The number of hydrogen-bond donors (Lipinski definition) is 0. The molecule has 1 aromatic heterocycles. The molecule has 0 N–H and O–H groups in total. The van der Waals surface area contributed by atoms with Gasteiger partial charge in [-0.05, 0) is 60.5 Å². The van der Waals surface area contributed by atoms with E-state index in [2.05, 4.69) is 112 Å². The Morgan fingerprint density at radius 2 is 1.03 bits per heavy atom. The van der Waals surface area contributed by atoms with Crippen molar-refractivity contribution >= 4 is 35.7 Å². The highest BCUT2D eigenvalue weighted by Gasteiger charge is 2.13. The first kappa shape index (κ1) is 24.3. The van der Waals surface area contributed by atoms with E-state index in [1.165, 1.54) is 33.9 Å². The third kappa shape index (κ3) is 6.04. The first-order valence-corrected chi connectivity index (χ1v) is 13.0. The Kier molecular flexibility index (Phi) is 8.11. The molecular formula is C31H36N3O2+. The average molecular weight is 483 g/mol. The van der Waals surface area contributed by atoms with E-state index in [0.717, 1.165) is 59.2 Å². The van der Waals surface area contributed by atoms with E-state index in [0.29, 0.717) is 0 Å². The van der Waals surface area contributed by atoms with Gasteiger partial charge in [0.2, 0.25) is 11.4 Å². The van der Waals surface area contributed by atoms with Gasteiger partial charge in [0.15, 0.2) is 0 Å². The van der Waals surface area contributed by atoms with Gasteiger partial charge in [0.1, 0.15) is 6.54 Å². The lowest BCUT2D eigenvalue weighted by molar-refractivity contribution is -0.696. The van der Waals surface area contributed by atoms with Crippen LogP contribution < -0.4 is 14.4 Å². The first-order chi connectivity index (χ1) is 17.8. The maximum Gasteiger partial charge on any atom is 0.205 e. The van der Waals surface area contributed by atoms with Gasteiger partial charge in [0.05, 0.1) is 26.4 Å². The minimum absolute atomic E-state index is 0.809. The van der Waals surface area contributed by atoms with Crippen LogP contribution in [0, 0.1) is 0 Å². The molecule has 0 aliphatic carbocycles. The van der Waals surface area contributed by atoms with Gasteiger partial charge in [0.25, 0.3) is 0 Å². The molecule has 5 rings (SSSR count). The second kappa shape index (κ2) is 12.0. The molecule has 5 heteroatoms. The predicted molar refractivity (Wildman–Crippen MR) is 149 cm³/mol. The van der Waals surface area contributed by atoms with Crippen LogP contribution in [0.25, 0.3) is 24.3 Å². The average Bonchev–Trinajstić information content (AvgIpc) is 2.96. The van der Waals surface area contributed by atoms with Gasteiger partial charge in [-0.25, -0.2) is 0 Å². The lowest BCUT2D eigenvalue weighted by Gasteiger charge is -2.28. The molecule has 2 aliphatic heterocycles. The molecule has 0 spiro atoms. The predicted octanol–water partition coefficient (Wildman–Crippen LogP) is 5.01. The Bertz CT molecular complexity index is 1080. The molecule has 0 radical (unpaired) electrons. The largest absolute Gasteiger partial charge is 0.378 e. The molecule has 5 nitrogen and oxygen atoms in total. The molecule has 36 heavy (non-hydrogen) atoms. The van der Waals surface area contributed by atoms with Gasteiger partial charge < -0.3 is 19.3 Å². The number of aromatic nitrogens is 1. The smallest absolute Gasteiger partial charge is 0.205 e. The number of rotatable bonds is 7. The van der Waals surface area contributed by atoms with Crippen molar-refractivity contribution in [2.75, 3.05) is 62.4 Å². The van der Waals surface area contributed by atoms with Crippen LogP contribution in [0.3, 0.4) is 0 Å². The second-order valence-electron chi connectivity index (χ2n) is 9.17. The monoisotopic (exact) mass is 482 g/mol. The minimum Gasteiger partial charge on any atom is -0.378 e. The van der Waals surface area contributed by atoms with Crippen LogP contribution in [0.2, 0.25) is 0 Å². The molecule has 0 bridgehead atoms. The first-order valence-electron chi connectivity index (χ1n) is 13.0. The maximum absolute atomic E-state index is 5.47. The molecule has 2 aromatic carbocycles. The summed E-state index contributed by atoms with van der Waals surface area (Å²) in [5.41, 5.74) is 7.33. The van der Waals surface area contributed by atoms with Crippen molar-refractivity contribution in [2.24, 2.45) is 0 Å². The Balaban J connectivity index is 1.27. The second-order valence-corrected chi connectivity index (χ2v) is 9.17. The summed E-state index contributed by atoms with van der Waals surface area (Å²) in [7, 11) is 0. The summed E-state index contributed by atoms with van der Waals surface area (Å²) in [6.45, 7) is 10.2. The van der Waals surface area contributed by atoms with Gasteiger partial charge in [-0.15, -0.1) is 0 Å². The van der Waals surface area contributed by atoms with Crippen molar-refractivity contribution in [3.8, 4) is 0 Å². The number of morpholine rings is 2. The topological polar surface area (TPSA) is 28.8 Å². The quantitative estimate of drug-likeness (QED) is 0.443. The van der Waals surface area contributed by atoms with Crippen LogP contribution in [0.1, 0.15) is 29.4 Å². The molecule has 0 atom stereocenters. The molecule has 0 saturated carbocycles. The van der Waals surface area contributed by atoms with Gasteiger partial charge in [-0.3, -0.25) is 0 Å². The third-order valence-electron chi connectivity index (χ3n) is 6.91. The fourth-order valence-corrected chi connectivity index (χ4v) is 4.83. The highest BCUT2D eigenvalue weighted by molar-refractivity contribution is 5.70.